The lowest BCUT2D eigenvalue weighted by Crippen LogP contribution is -2.39. The molecule has 0 rings (SSSR count). The first-order valence-corrected chi connectivity index (χ1v) is 3.53. The summed E-state index contributed by atoms with van der Waals surface area (Å²) in [6.45, 7) is 3.56. The number of nitrogens with two attached hydrogens (primary N) is 1. The zero-order valence-electron chi connectivity index (χ0n) is 6.55. The number of hydrogen-bond acceptors (Lipinski definition) is 2. The van der Waals surface area contributed by atoms with Crippen LogP contribution in [-0.2, 0) is 4.79 Å². The fourth-order valence-corrected chi connectivity index (χ4v) is 0.900. The van der Waals surface area contributed by atoms with Crippen molar-refractivity contribution in [3.63, 3.8) is 0 Å². The molecule has 0 unspecified atom stereocenters. The number of amides is 1. The van der Waals surface area contributed by atoms with Crippen molar-refractivity contribution in [2.24, 2.45) is 11.1 Å². The molecule has 0 saturated heterocycles. The van der Waals surface area contributed by atoms with Crippen molar-refractivity contribution in [1.82, 2.24) is 0 Å². The first kappa shape index (κ1) is 9.43. The summed E-state index contributed by atoms with van der Waals surface area (Å²) < 4.78 is 0. The fraction of sp³-hybridized carbons (Fsp3) is 0.857. The quantitative estimate of drug-likeness (QED) is 0.596. The summed E-state index contributed by atoms with van der Waals surface area (Å²) in [5.41, 5.74) is 4.42. The molecule has 3 N–H and O–H groups in total. The van der Waals surface area contributed by atoms with Crippen molar-refractivity contribution in [1.29, 1.82) is 0 Å². The molecule has 0 heterocycles. The Morgan fingerprint density at radius 3 is 1.90 bits per heavy atom. The smallest absolute Gasteiger partial charge is 0.225 e. The highest BCUT2D eigenvalue weighted by Crippen LogP contribution is 2.24. The van der Waals surface area contributed by atoms with E-state index in [0.29, 0.717) is 12.8 Å². The van der Waals surface area contributed by atoms with E-state index >= 15 is 0 Å². The second-order valence-electron chi connectivity index (χ2n) is 2.51. The van der Waals surface area contributed by atoms with Crippen LogP contribution in [0, 0.1) is 5.41 Å². The summed E-state index contributed by atoms with van der Waals surface area (Å²) in [4.78, 5) is 10.8. The molecule has 0 aliphatic rings. The third-order valence-corrected chi connectivity index (χ3v) is 2.18. The number of rotatable bonds is 4. The number of primary amides is 1. The molecule has 0 aliphatic heterocycles. The van der Waals surface area contributed by atoms with Gasteiger partial charge in [-0.05, 0) is 12.8 Å². The first-order chi connectivity index (χ1) is 4.63. The van der Waals surface area contributed by atoms with Crippen LogP contribution in [0.5, 0.6) is 0 Å². The molecule has 0 aromatic heterocycles. The molecule has 0 aliphatic carbocycles. The SMILES string of the molecule is CCC(CC)(CO)C(N)=O. The molecule has 3 heteroatoms. The summed E-state index contributed by atoms with van der Waals surface area (Å²) in [5, 5.41) is 8.85. The third kappa shape index (κ3) is 1.48. The predicted octanol–water partition coefficient (Wildman–Crippen LogP) is 0.270. The van der Waals surface area contributed by atoms with Crippen LogP contribution in [0.25, 0.3) is 0 Å². The Hall–Kier alpha value is -0.570. The number of carbonyl (C=O) groups is 1. The van der Waals surface area contributed by atoms with Gasteiger partial charge >= 0.3 is 0 Å². The highest BCUT2D eigenvalue weighted by Gasteiger charge is 2.31. The Labute approximate surface area is 61.2 Å². The summed E-state index contributed by atoms with van der Waals surface area (Å²) in [6, 6.07) is 0. The van der Waals surface area contributed by atoms with Gasteiger partial charge in [-0.2, -0.15) is 0 Å². The number of hydrogen-bond donors (Lipinski definition) is 2. The molecule has 1 amide bonds. The average molecular weight is 145 g/mol. The minimum absolute atomic E-state index is 0.144. The lowest BCUT2D eigenvalue weighted by Gasteiger charge is -2.24. The van der Waals surface area contributed by atoms with E-state index in [1.165, 1.54) is 0 Å². The molecule has 3 nitrogen and oxygen atoms in total. The van der Waals surface area contributed by atoms with E-state index in [2.05, 4.69) is 0 Å². The van der Waals surface area contributed by atoms with Crippen LogP contribution in [-0.4, -0.2) is 17.6 Å². The van der Waals surface area contributed by atoms with Crippen LogP contribution in [0.15, 0.2) is 0 Å². The van der Waals surface area contributed by atoms with Crippen LogP contribution in [0.2, 0.25) is 0 Å². The van der Waals surface area contributed by atoms with E-state index in [-0.39, 0.29) is 6.61 Å². The van der Waals surface area contributed by atoms with Crippen LogP contribution < -0.4 is 5.73 Å². The molecule has 0 radical (unpaired) electrons. The second-order valence-corrected chi connectivity index (χ2v) is 2.51. The van der Waals surface area contributed by atoms with Crippen molar-refractivity contribution in [2.45, 2.75) is 26.7 Å². The normalized spacial score (nSPS) is 11.5. The van der Waals surface area contributed by atoms with E-state index in [9.17, 15) is 4.79 Å². The van der Waals surface area contributed by atoms with Crippen LogP contribution >= 0.6 is 0 Å². The average Bonchev–Trinajstić information content (AvgIpc) is 1.92. The zero-order valence-corrected chi connectivity index (χ0v) is 6.55. The summed E-state index contributed by atoms with van der Waals surface area (Å²) in [5.74, 6) is -0.403. The minimum atomic E-state index is -0.681. The maximum atomic E-state index is 10.8. The van der Waals surface area contributed by atoms with Gasteiger partial charge in [0.25, 0.3) is 0 Å². The Morgan fingerprint density at radius 2 is 1.90 bits per heavy atom. The zero-order chi connectivity index (χ0) is 8.20. The Balaban J connectivity index is 4.31. The van der Waals surface area contributed by atoms with Gasteiger partial charge in [-0.1, -0.05) is 13.8 Å². The van der Waals surface area contributed by atoms with Gasteiger partial charge in [0, 0.05) is 0 Å². The third-order valence-electron chi connectivity index (χ3n) is 2.18. The molecule has 0 bridgehead atoms. The van der Waals surface area contributed by atoms with E-state index in [4.69, 9.17) is 10.8 Å². The van der Waals surface area contributed by atoms with Crippen molar-refractivity contribution >= 4 is 5.91 Å². The van der Waals surface area contributed by atoms with Crippen LogP contribution in [0.1, 0.15) is 26.7 Å². The predicted molar refractivity (Wildman–Crippen MR) is 39.3 cm³/mol. The van der Waals surface area contributed by atoms with Crippen molar-refractivity contribution in [2.75, 3.05) is 6.61 Å². The molecule has 0 aromatic carbocycles. The number of carbonyl (C=O) groups excluding carboxylic acids is 1. The van der Waals surface area contributed by atoms with Gasteiger partial charge in [0.15, 0.2) is 0 Å². The maximum absolute atomic E-state index is 10.8. The summed E-state index contributed by atoms with van der Waals surface area (Å²) >= 11 is 0. The van der Waals surface area contributed by atoms with Gasteiger partial charge in [0.2, 0.25) is 5.91 Å². The van der Waals surface area contributed by atoms with E-state index in [1.54, 1.807) is 0 Å². The molecular weight excluding hydrogens is 130 g/mol. The highest BCUT2D eigenvalue weighted by molar-refractivity contribution is 5.80. The molecule has 0 fully saturated rings. The standard InChI is InChI=1S/C7H15NO2/c1-3-7(4-2,5-9)6(8)10/h9H,3-5H2,1-2H3,(H2,8,10). The Bertz CT molecular complexity index is 111. The van der Waals surface area contributed by atoms with Crippen LogP contribution in [0.4, 0.5) is 0 Å². The summed E-state index contributed by atoms with van der Waals surface area (Å²) in [6.07, 6.45) is 1.21. The number of aliphatic hydroxyl groups excluding tert-OH is 1. The Morgan fingerprint density at radius 1 is 1.50 bits per heavy atom. The van der Waals surface area contributed by atoms with Gasteiger partial charge in [0.05, 0.1) is 12.0 Å². The monoisotopic (exact) mass is 145 g/mol. The Kier molecular flexibility index (Phi) is 3.36. The lowest BCUT2D eigenvalue weighted by atomic mass is 9.83. The second kappa shape index (κ2) is 3.56. The topological polar surface area (TPSA) is 63.3 Å². The van der Waals surface area contributed by atoms with Gasteiger partial charge in [-0.25, -0.2) is 0 Å². The van der Waals surface area contributed by atoms with Crippen molar-refractivity contribution in [3.05, 3.63) is 0 Å². The summed E-state index contributed by atoms with van der Waals surface area (Å²) in [7, 11) is 0. The maximum Gasteiger partial charge on any atom is 0.225 e. The van der Waals surface area contributed by atoms with Crippen LogP contribution in [0.3, 0.4) is 0 Å². The van der Waals surface area contributed by atoms with Crippen molar-refractivity contribution in [3.8, 4) is 0 Å². The first-order valence-electron chi connectivity index (χ1n) is 3.53. The van der Waals surface area contributed by atoms with Gasteiger partial charge in [0.1, 0.15) is 0 Å². The molecule has 0 saturated carbocycles. The molecule has 10 heavy (non-hydrogen) atoms. The van der Waals surface area contributed by atoms with E-state index in [0.717, 1.165) is 0 Å². The fourth-order valence-electron chi connectivity index (χ4n) is 0.900. The lowest BCUT2D eigenvalue weighted by molar-refractivity contribution is -0.130. The van der Waals surface area contributed by atoms with Crippen molar-refractivity contribution < 1.29 is 9.90 Å². The highest BCUT2D eigenvalue weighted by atomic mass is 16.3. The molecule has 0 spiro atoms. The van der Waals surface area contributed by atoms with Gasteiger partial charge < -0.3 is 10.8 Å². The van der Waals surface area contributed by atoms with E-state index in [1.807, 2.05) is 13.8 Å². The molecule has 0 aromatic rings. The largest absolute Gasteiger partial charge is 0.395 e. The molecular formula is C7H15NO2. The minimum Gasteiger partial charge on any atom is -0.395 e. The van der Waals surface area contributed by atoms with Gasteiger partial charge in [-0.15, -0.1) is 0 Å². The number of aliphatic hydroxyl groups is 1. The molecule has 0 atom stereocenters. The van der Waals surface area contributed by atoms with Gasteiger partial charge in [-0.3, -0.25) is 4.79 Å². The van der Waals surface area contributed by atoms with E-state index < -0.39 is 11.3 Å². The molecule has 60 valence electrons.